The van der Waals surface area contributed by atoms with Crippen LogP contribution in [0.5, 0.6) is 0 Å². The summed E-state index contributed by atoms with van der Waals surface area (Å²) in [6.07, 6.45) is 4.63. The van der Waals surface area contributed by atoms with E-state index in [4.69, 9.17) is 9.97 Å². The molecule has 1 aliphatic carbocycles. The maximum absolute atomic E-state index is 4.87. The van der Waals surface area contributed by atoms with Crippen molar-refractivity contribution in [3.8, 4) is 0 Å². The molecule has 1 saturated heterocycles. The number of aromatic nitrogens is 2. The van der Waals surface area contributed by atoms with Gasteiger partial charge in [-0.15, -0.1) is 0 Å². The Morgan fingerprint density at radius 3 is 2.87 bits per heavy atom. The third-order valence-electron chi connectivity index (χ3n) is 5.27. The number of hydrogen-bond acceptors (Lipinski definition) is 5. The first-order chi connectivity index (χ1) is 11.2. The maximum atomic E-state index is 4.87. The fourth-order valence-corrected chi connectivity index (χ4v) is 4.05. The predicted octanol–water partition coefficient (Wildman–Crippen LogP) is 2.58. The van der Waals surface area contributed by atoms with E-state index >= 15 is 0 Å². The second-order valence-corrected chi connectivity index (χ2v) is 6.91. The van der Waals surface area contributed by atoms with Gasteiger partial charge in [0.15, 0.2) is 5.65 Å². The van der Waals surface area contributed by atoms with Crippen molar-refractivity contribution in [1.29, 1.82) is 0 Å². The Balaban J connectivity index is 1.77. The fourth-order valence-electron chi connectivity index (χ4n) is 4.05. The molecule has 2 aliphatic rings. The van der Waals surface area contributed by atoms with Crippen LogP contribution >= 0.6 is 0 Å². The monoisotopic (exact) mass is 311 g/mol. The Morgan fingerprint density at radius 2 is 2.13 bits per heavy atom. The number of nitrogens with zero attached hydrogens (tertiary/aromatic N) is 3. The molecule has 1 atom stereocenters. The van der Waals surface area contributed by atoms with E-state index in [1.165, 1.54) is 35.0 Å². The second kappa shape index (κ2) is 5.64. The summed E-state index contributed by atoms with van der Waals surface area (Å²) in [5, 5.41) is 8.12. The highest BCUT2D eigenvalue weighted by molar-refractivity contribution is 5.94. The smallest absolute Gasteiger partial charge is 0.164 e. The first-order valence-electron chi connectivity index (χ1n) is 8.61. The number of aryl methyl sites for hydroxylation is 2. The third kappa shape index (κ3) is 2.53. The van der Waals surface area contributed by atoms with Gasteiger partial charge >= 0.3 is 0 Å². The van der Waals surface area contributed by atoms with E-state index in [2.05, 4.69) is 35.6 Å². The van der Waals surface area contributed by atoms with Gasteiger partial charge in [0.05, 0.1) is 0 Å². The summed E-state index contributed by atoms with van der Waals surface area (Å²) in [6, 6.07) is 2.61. The van der Waals surface area contributed by atoms with Crippen molar-refractivity contribution in [3.63, 3.8) is 0 Å². The van der Waals surface area contributed by atoms with Crippen LogP contribution in [0, 0.1) is 6.92 Å². The zero-order valence-electron chi connectivity index (χ0n) is 14.2. The Kier molecular flexibility index (Phi) is 3.60. The first kappa shape index (κ1) is 14.7. The van der Waals surface area contributed by atoms with E-state index < -0.39 is 0 Å². The van der Waals surface area contributed by atoms with Gasteiger partial charge in [-0.1, -0.05) is 0 Å². The molecule has 4 rings (SSSR count). The molecule has 1 aliphatic heterocycles. The second-order valence-electron chi connectivity index (χ2n) is 6.91. The molecule has 5 heteroatoms. The van der Waals surface area contributed by atoms with Crippen molar-refractivity contribution >= 4 is 22.5 Å². The normalized spacial score (nSPS) is 20.9. The molecule has 0 saturated carbocycles. The van der Waals surface area contributed by atoms with Gasteiger partial charge in [-0.2, -0.15) is 0 Å². The van der Waals surface area contributed by atoms with Crippen LogP contribution in [0.2, 0.25) is 0 Å². The molecular weight excluding hydrogens is 286 g/mol. The van der Waals surface area contributed by atoms with Crippen LogP contribution in [0.15, 0.2) is 6.07 Å². The number of pyridine rings is 2. The van der Waals surface area contributed by atoms with Gasteiger partial charge in [0.1, 0.15) is 5.82 Å². The summed E-state index contributed by atoms with van der Waals surface area (Å²) in [6.45, 7) is 4.44. The molecule has 2 aromatic heterocycles. The highest BCUT2D eigenvalue weighted by Crippen LogP contribution is 2.34. The zero-order chi connectivity index (χ0) is 16.0. The minimum Gasteiger partial charge on any atom is -0.387 e. The van der Waals surface area contributed by atoms with Crippen molar-refractivity contribution in [1.82, 2.24) is 14.9 Å². The number of nitrogens with one attached hydrogen (secondary N) is 2. The topological polar surface area (TPSA) is 53.1 Å². The molecule has 0 bridgehead atoms. The number of anilines is 2. The molecule has 2 aromatic rings. The average Bonchev–Trinajstić information content (AvgIpc) is 3.15. The standard InChI is InChI=1S/C18H25N5/c1-11-13-5-4-6-14(13)21-18-17(11)15(19-2)9-16(22-18)20-12-7-8-23(3)10-12/h9,12H,4-8,10H2,1-3H3,(H2,19,20,21,22). The molecule has 5 nitrogen and oxygen atoms in total. The highest BCUT2D eigenvalue weighted by atomic mass is 15.2. The van der Waals surface area contributed by atoms with Crippen LogP contribution in [0.4, 0.5) is 11.5 Å². The summed E-state index contributed by atoms with van der Waals surface area (Å²) in [5.41, 5.74) is 6.05. The lowest BCUT2D eigenvalue weighted by Gasteiger charge is -2.17. The highest BCUT2D eigenvalue weighted by Gasteiger charge is 2.22. The SMILES string of the molecule is CNc1cc(NC2CCN(C)C2)nc2nc3c(c(C)c12)CCC3. The number of fused-ring (bicyclic) bond motifs is 2. The summed E-state index contributed by atoms with van der Waals surface area (Å²) in [4.78, 5) is 12.1. The summed E-state index contributed by atoms with van der Waals surface area (Å²) in [7, 11) is 4.15. The Labute approximate surface area is 137 Å². The first-order valence-corrected chi connectivity index (χ1v) is 8.61. The zero-order valence-corrected chi connectivity index (χ0v) is 14.2. The molecule has 3 heterocycles. The Hall–Kier alpha value is -1.88. The lowest BCUT2D eigenvalue weighted by atomic mass is 10.0. The molecule has 0 radical (unpaired) electrons. The maximum Gasteiger partial charge on any atom is 0.164 e. The van der Waals surface area contributed by atoms with Crippen molar-refractivity contribution in [2.75, 3.05) is 37.8 Å². The third-order valence-corrected chi connectivity index (χ3v) is 5.27. The van der Waals surface area contributed by atoms with Crippen LogP contribution in [0.25, 0.3) is 11.0 Å². The summed E-state index contributed by atoms with van der Waals surface area (Å²) >= 11 is 0. The Morgan fingerprint density at radius 1 is 1.26 bits per heavy atom. The quantitative estimate of drug-likeness (QED) is 0.912. The number of likely N-dealkylation sites (tertiary alicyclic amines) is 1. The van der Waals surface area contributed by atoms with Gasteiger partial charge in [-0.05, 0) is 57.3 Å². The van der Waals surface area contributed by atoms with Crippen molar-refractivity contribution in [2.45, 2.75) is 38.6 Å². The molecule has 122 valence electrons. The van der Waals surface area contributed by atoms with Crippen molar-refractivity contribution < 1.29 is 0 Å². The molecule has 0 amide bonds. The lowest BCUT2D eigenvalue weighted by Crippen LogP contribution is -2.24. The van der Waals surface area contributed by atoms with Gasteiger partial charge in [-0.25, -0.2) is 9.97 Å². The van der Waals surface area contributed by atoms with Crippen LogP contribution in [-0.2, 0) is 12.8 Å². The van der Waals surface area contributed by atoms with Crippen LogP contribution in [0.1, 0.15) is 29.7 Å². The number of rotatable bonds is 3. The van der Waals surface area contributed by atoms with Crippen molar-refractivity contribution in [3.05, 3.63) is 22.9 Å². The van der Waals surface area contributed by atoms with E-state index in [0.717, 1.165) is 43.1 Å². The van der Waals surface area contributed by atoms with Gasteiger partial charge in [-0.3, -0.25) is 0 Å². The molecule has 0 spiro atoms. The van der Waals surface area contributed by atoms with Crippen LogP contribution in [-0.4, -0.2) is 48.1 Å². The molecule has 1 unspecified atom stereocenters. The molecule has 1 fully saturated rings. The van der Waals surface area contributed by atoms with Crippen molar-refractivity contribution in [2.24, 2.45) is 0 Å². The molecule has 2 N–H and O–H groups in total. The summed E-state index contributed by atoms with van der Waals surface area (Å²) < 4.78 is 0. The number of likely N-dealkylation sites (N-methyl/N-ethyl adjacent to an activating group) is 1. The van der Waals surface area contributed by atoms with Crippen LogP contribution < -0.4 is 10.6 Å². The van der Waals surface area contributed by atoms with E-state index in [1.54, 1.807) is 0 Å². The van der Waals surface area contributed by atoms with Gasteiger partial charge in [0, 0.05) is 42.5 Å². The minimum absolute atomic E-state index is 0.477. The van der Waals surface area contributed by atoms with E-state index in [1.807, 2.05) is 7.05 Å². The van der Waals surface area contributed by atoms with Crippen LogP contribution in [0.3, 0.4) is 0 Å². The van der Waals surface area contributed by atoms with E-state index in [9.17, 15) is 0 Å². The summed E-state index contributed by atoms with van der Waals surface area (Å²) in [5.74, 6) is 0.937. The average molecular weight is 311 g/mol. The predicted molar refractivity (Wildman–Crippen MR) is 95.4 cm³/mol. The fraction of sp³-hybridized carbons (Fsp3) is 0.556. The van der Waals surface area contributed by atoms with E-state index in [-0.39, 0.29) is 0 Å². The Bertz CT molecular complexity index is 755. The molecular formula is C18H25N5. The largest absolute Gasteiger partial charge is 0.387 e. The minimum atomic E-state index is 0.477. The molecule has 0 aromatic carbocycles. The van der Waals surface area contributed by atoms with Gasteiger partial charge < -0.3 is 15.5 Å². The van der Waals surface area contributed by atoms with Gasteiger partial charge in [0.2, 0.25) is 0 Å². The lowest BCUT2D eigenvalue weighted by molar-refractivity contribution is 0.414. The molecule has 23 heavy (non-hydrogen) atoms. The number of hydrogen-bond donors (Lipinski definition) is 2. The van der Waals surface area contributed by atoms with E-state index in [0.29, 0.717) is 6.04 Å². The van der Waals surface area contributed by atoms with Gasteiger partial charge in [0.25, 0.3) is 0 Å².